The van der Waals surface area contributed by atoms with Crippen LogP contribution in [0.1, 0.15) is 174 Å². The fraction of sp³-hybridized carbons (Fsp3) is 0.805. The number of carboxylic acids is 1. The summed E-state index contributed by atoms with van der Waals surface area (Å²) >= 11 is 0. The number of hydrogen-bond acceptors (Lipinski definition) is 8. The number of phosphoric acid groups is 1. The average molecular weight is 758 g/mol. The van der Waals surface area contributed by atoms with Crippen LogP contribution in [0.2, 0.25) is 0 Å². The van der Waals surface area contributed by atoms with Crippen LogP contribution in [0.4, 0.5) is 0 Å². The first-order chi connectivity index (χ1) is 25.2. The molecule has 4 N–H and O–H groups in total. The Morgan fingerprint density at radius 1 is 0.615 bits per heavy atom. The molecular formula is C41H76NO9P. The van der Waals surface area contributed by atoms with Crippen molar-refractivity contribution in [3.05, 3.63) is 36.5 Å². The second kappa shape index (κ2) is 37.5. The zero-order valence-corrected chi connectivity index (χ0v) is 33.8. The van der Waals surface area contributed by atoms with Crippen molar-refractivity contribution in [3.63, 3.8) is 0 Å². The maximum atomic E-state index is 12.6. The molecule has 0 aliphatic rings. The molecule has 3 atom stereocenters. The van der Waals surface area contributed by atoms with Crippen LogP contribution in [0, 0.1) is 0 Å². The molecule has 0 rings (SSSR count). The summed E-state index contributed by atoms with van der Waals surface area (Å²) in [5, 5.41) is 8.87. The molecular weight excluding hydrogens is 681 g/mol. The van der Waals surface area contributed by atoms with Gasteiger partial charge in [0.25, 0.3) is 0 Å². The highest BCUT2D eigenvalue weighted by atomic mass is 31.2. The van der Waals surface area contributed by atoms with E-state index >= 15 is 0 Å². The number of hydrogen-bond donors (Lipinski definition) is 3. The first kappa shape index (κ1) is 50.2. The Bertz CT molecular complexity index is 972. The summed E-state index contributed by atoms with van der Waals surface area (Å²) in [6.07, 6.45) is 40.5. The topological polar surface area (TPSA) is 155 Å². The van der Waals surface area contributed by atoms with Crippen LogP contribution in [0.15, 0.2) is 36.5 Å². The fourth-order valence-electron chi connectivity index (χ4n) is 5.38. The van der Waals surface area contributed by atoms with Crippen LogP contribution in [0.5, 0.6) is 0 Å². The van der Waals surface area contributed by atoms with Gasteiger partial charge in [-0.1, -0.05) is 140 Å². The summed E-state index contributed by atoms with van der Waals surface area (Å²) in [7, 11) is -4.61. The van der Waals surface area contributed by atoms with Gasteiger partial charge in [-0.2, -0.15) is 0 Å². The summed E-state index contributed by atoms with van der Waals surface area (Å²) in [6, 6.07) is -1.47. The molecule has 0 aliphatic heterocycles. The van der Waals surface area contributed by atoms with Gasteiger partial charge in [0.05, 0.1) is 19.8 Å². The van der Waals surface area contributed by atoms with E-state index in [0.29, 0.717) is 13.0 Å². The highest BCUT2D eigenvalue weighted by Gasteiger charge is 2.27. The number of nitrogens with two attached hydrogens (primary N) is 1. The minimum atomic E-state index is -4.61. The second-order valence-corrected chi connectivity index (χ2v) is 15.2. The van der Waals surface area contributed by atoms with Crippen molar-refractivity contribution < 1.29 is 42.7 Å². The lowest BCUT2D eigenvalue weighted by Crippen LogP contribution is -2.34. The maximum absolute atomic E-state index is 12.6. The summed E-state index contributed by atoms with van der Waals surface area (Å²) in [5.41, 5.74) is 5.34. The number of carbonyl (C=O) groups is 2. The number of unbranched alkanes of at least 4 members (excludes halogenated alkanes) is 19. The highest BCUT2D eigenvalue weighted by Crippen LogP contribution is 2.43. The van der Waals surface area contributed by atoms with Crippen molar-refractivity contribution in [2.45, 2.75) is 187 Å². The van der Waals surface area contributed by atoms with Gasteiger partial charge >= 0.3 is 19.8 Å². The maximum Gasteiger partial charge on any atom is 0.472 e. The van der Waals surface area contributed by atoms with E-state index in [2.05, 4.69) is 50.3 Å². The Morgan fingerprint density at radius 2 is 1.08 bits per heavy atom. The van der Waals surface area contributed by atoms with Crippen LogP contribution in [0.25, 0.3) is 0 Å². The third-order valence-electron chi connectivity index (χ3n) is 8.64. The van der Waals surface area contributed by atoms with Crippen LogP contribution >= 0.6 is 7.82 Å². The molecule has 3 unspecified atom stereocenters. The highest BCUT2D eigenvalue weighted by molar-refractivity contribution is 7.47. The Kier molecular flexibility index (Phi) is 36.2. The molecule has 11 heteroatoms. The number of aliphatic carboxylic acids is 1. The molecule has 0 aromatic heterocycles. The van der Waals surface area contributed by atoms with E-state index in [9.17, 15) is 19.0 Å². The first-order valence-electron chi connectivity index (χ1n) is 20.5. The van der Waals surface area contributed by atoms with Gasteiger partial charge in [-0.15, -0.1) is 0 Å². The molecule has 0 heterocycles. The second-order valence-electron chi connectivity index (χ2n) is 13.8. The molecule has 0 spiro atoms. The molecule has 10 nitrogen and oxygen atoms in total. The number of rotatable bonds is 39. The number of ether oxygens (including phenoxy) is 2. The van der Waals surface area contributed by atoms with Gasteiger partial charge in [-0.3, -0.25) is 18.6 Å². The monoisotopic (exact) mass is 758 g/mol. The average Bonchev–Trinajstić information content (AvgIpc) is 3.12. The minimum Gasteiger partial charge on any atom is -0.480 e. The lowest BCUT2D eigenvalue weighted by atomic mass is 10.1. The van der Waals surface area contributed by atoms with Crippen LogP contribution < -0.4 is 5.73 Å². The smallest absolute Gasteiger partial charge is 0.472 e. The zero-order chi connectivity index (χ0) is 38.4. The molecule has 0 radical (unpaired) electrons. The third kappa shape index (κ3) is 36.5. The van der Waals surface area contributed by atoms with Crippen molar-refractivity contribution in [2.24, 2.45) is 5.73 Å². The van der Waals surface area contributed by atoms with Gasteiger partial charge in [0.2, 0.25) is 0 Å². The van der Waals surface area contributed by atoms with Crippen molar-refractivity contribution in [3.8, 4) is 0 Å². The van der Waals surface area contributed by atoms with Crippen molar-refractivity contribution >= 4 is 19.8 Å². The molecule has 0 aliphatic carbocycles. The fourth-order valence-corrected chi connectivity index (χ4v) is 6.16. The van der Waals surface area contributed by atoms with Crippen molar-refractivity contribution in [2.75, 3.05) is 26.4 Å². The van der Waals surface area contributed by atoms with Gasteiger partial charge in [0, 0.05) is 13.0 Å². The molecule has 0 amide bonds. The number of esters is 1. The van der Waals surface area contributed by atoms with E-state index in [1.54, 1.807) is 0 Å². The summed E-state index contributed by atoms with van der Waals surface area (Å²) in [4.78, 5) is 33.4. The van der Waals surface area contributed by atoms with Crippen molar-refractivity contribution in [1.82, 2.24) is 0 Å². The summed E-state index contributed by atoms with van der Waals surface area (Å²) < 4.78 is 33.2. The third-order valence-corrected chi connectivity index (χ3v) is 9.59. The van der Waals surface area contributed by atoms with E-state index in [0.717, 1.165) is 70.6 Å². The molecule has 0 saturated heterocycles. The minimum absolute atomic E-state index is 0.00986. The molecule has 0 saturated carbocycles. The summed E-state index contributed by atoms with van der Waals surface area (Å²) in [5.74, 6) is -1.79. The molecule has 304 valence electrons. The Balaban J connectivity index is 4.23. The van der Waals surface area contributed by atoms with Gasteiger partial charge < -0.3 is 25.2 Å². The van der Waals surface area contributed by atoms with Crippen molar-refractivity contribution in [1.29, 1.82) is 0 Å². The normalized spacial score (nSPS) is 14.4. The lowest BCUT2D eigenvalue weighted by molar-refractivity contribution is -0.154. The molecule has 0 aromatic rings. The zero-order valence-electron chi connectivity index (χ0n) is 32.9. The number of carbonyl (C=O) groups excluding carboxylic acids is 1. The van der Waals surface area contributed by atoms with E-state index in [-0.39, 0.29) is 13.0 Å². The molecule has 0 aromatic carbocycles. The Labute approximate surface area is 317 Å². The summed E-state index contributed by atoms with van der Waals surface area (Å²) in [6.45, 7) is 3.79. The van der Waals surface area contributed by atoms with E-state index in [1.807, 2.05) is 0 Å². The van der Waals surface area contributed by atoms with Gasteiger partial charge in [-0.25, -0.2) is 4.57 Å². The lowest BCUT2D eigenvalue weighted by Gasteiger charge is -2.20. The number of phosphoric ester groups is 1. The van der Waals surface area contributed by atoms with Crippen LogP contribution in [0.3, 0.4) is 0 Å². The SMILES string of the molecule is CCCC/C=C\CCCCCCCC(=O)OC(COCCCCCCCCCC/C=C\C/C=C\CCCCCC)COP(=O)(O)OCC(N)C(=O)O. The number of carboxylic acid groups (broad SMARTS) is 1. The predicted octanol–water partition coefficient (Wildman–Crippen LogP) is 10.9. The number of allylic oxidation sites excluding steroid dienone is 6. The largest absolute Gasteiger partial charge is 0.480 e. The molecule has 0 bridgehead atoms. The Morgan fingerprint density at radius 3 is 1.63 bits per heavy atom. The first-order valence-corrected chi connectivity index (χ1v) is 22.0. The van der Waals surface area contributed by atoms with Crippen LogP contribution in [-0.2, 0) is 32.7 Å². The van der Waals surface area contributed by atoms with Crippen LogP contribution in [-0.4, -0.2) is 60.5 Å². The molecule has 0 fully saturated rings. The van der Waals surface area contributed by atoms with E-state index in [4.69, 9.17) is 29.4 Å². The van der Waals surface area contributed by atoms with E-state index < -0.39 is 45.1 Å². The predicted molar refractivity (Wildman–Crippen MR) is 212 cm³/mol. The standard InChI is InChI=1S/C41H76NO9P/c1-3-5-7-9-11-13-15-16-17-18-19-20-21-22-24-26-28-30-32-34-48-35-38(36-49-52(46,47)50-37-39(42)41(44)45)51-40(43)33-31-29-27-25-23-14-12-10-8-6-4-2/h10,12-13,15,17-18,38-39H,3-9,11,14,16,19-37,42H2,1-2H3,(H,44,45)(H,46,47)/b12-10-,15-13-,18-17-. The van der Waals surface area contributed by atoms with E-state index in [1.165, 1.54) is 77.0 Å². The van der Waals surface area contributed by atoms with Gasteiger partial charge in [-0.05, 0) is 64.2 Å². The van der Waals surface area contributed by atoms with Gasteiger partial charge in [0.1, 0.15) is 12.1 Å². The van der Waals surface area contributed by atoms with Gasteiger partial charge in [0.15, 0.2) is 0 Å². The molecule has 52 heavy (non-hydrogen) atoms. The Hall–Kier alpha value is -1.81. The quantitative estimate of drug-likeness (QED) is 0.0239.